The summed E-state index contributed by atoms with van der Waals surface area (Å²) in [6.07, 6.45) is 2.22. The SMILES string of the molecule is CC(=O)Nc1ccc(NC(=O)Cc2csc3nc(-c4ccccc4)cn23)cc1C. The van der Waals surface area contributed by atoms with Gasteiger partial charge in [0.1, 0.15) is 0 Å². The molecular formula is C22H20N4O2S. The average molecular weight is 404 g/mol. The molecule has 0 unspecified atom stereocenters. The summed E-state index contributed by atoms with van der Waals surface area (Å²) in [5, 5.41) is 7.65. The second kappa shape index (κ2) is 7.89. The molecule has 2 N–H and O–H groups in total. The van der Waals surface area contributed by atoms with Crippen molar-refractivity contribution < 1.29 is 9.59 Å². The molecule has 7 heteroatoms. The highest BCUT2D eigenvalue weighted by molar-refractivity contribution is 7.15. The number of imidazole rings is 1. The number of benzene rings is 2. The Kier molecular flexibility index (Phi) is 5.14. The third kappa shape index (κ3) is 4.20. The van der Waals surface area contributed by atoms with E-state index in [-0.39, 0.29) is 18.2 Å². The maximum Gasteiger partial charge on any atom is 0.230 e. The maximum absolute atomic E-state index is 12.6. The molecular weight excluding hydrogens is 384 g/mol. The molecule has 2 heterocycles. The second-order valence-corrected chi connectivity index (χ2v) is 7.64. The highest BCUT2D eigenvalue weighted by atomic mass is 32.1. The molecule has 0 radical (unpaired) electrons. The molecule has 0 spiro atoms. The van der Waals surface area contributed by atoms with Crippen molar-refractivity contribution in [1.82, 2.24) is 9.38 Å². The fourth-order valence-electron chi connectivity index (χ4n) is 3.15. The monoisotopic (exact) mass is 404 g/mol. The Morgan fingerprint density at radius 2 is 1.90 bits per heavy atom. The summed E-state index contributed by atoms with van der Waals surface area (Å²) in [7, 11) is 0. The minimum atomic E-state index is -0.124. The third-order valence-corrected chi connectivity index (χ3v) is 5.40. The van der Waals surface area contributed by atoms with Gasteiger partial charge in [-0.2, -0.15) is 0 Å². The van der Waals surface area contributed by atoms with E-state index in [9.17, 15) is 9.59 Å². The number of aryl methyl sites for hydroxylation is 1. The number of aromatic nitrogens is 2. The number of carbonyl (C=O) groups is 2. The van der Waals surface area contributed by atoms with Crippen LogP contribution in [0.3, 0.4) is 0 Å². The van der Waals surface area contributed by atoms with E-state index in [2.05, 4.69) is 15.6 Å². The van der Waals surface area contributed by atoms with Crippen LogP contribution in [-0.4, -0.2) is 21.2 Å². The van der Waals surface area contributed by atoms with Gasteiger partial charge in [0.15, 0.2) is 4.96 Å². The highest BCUT2D eigenvalue weighted by Gasteiger charge is 2.13. The van der Waals surface area contributed by atoms with Gasteiger partial charge in [0.05, 0.1) is 12.1 Å². The Balaban J connectivity index is 1.48. The molecule has 0 aliphatic rings. The molecule has 0 saturated carbocycles. The number of hydrogen-bond acceptors (Lipinski definition) is 4. The first-order valence-electron chi connectivity index (χ1n) is 9.18. The summed E-state index contributed by atoms with van der Waals surface area (Å²) in [6.45, 7) is 3.36. The van der Waals surface area contributed by atoms with Crippen LogP contribution >= 0.6 is 11.3 Å². The van der Waals surface area contributed by atoms with Crippen molar-refractivity contribution >= 4 is 39.5 Å². The molecule has 0 bridgehead atoms. The van der Waals surface area contributed by atoms with Crippen molar-refractivity contribution in [2.24, 2.45) is 0 Å². The standard InChI is InChI=1S/C22H20N4O2S/c1-14-10-17(8-9-19(14)23-15(2)27)24-21(28)11-18-13-29-22-25-20(12-26(18)22)16-6-4-3-5-7-16/h3-10,12-13H,11H2,1-2H3,(H,23,27)(H,24,28). The molecule has 0 atom stereocenters. The molecule has 4 rings (SSSR count). The minimum absolute atomic E-state index is 0.105. The van der Waals surface area contributed by atoms with Crippen LogP contribution < -0.4 is 10.6 Å². The van der Waals surface area contributed by atoms with E-state index >= 15 is 0 Å². The lowest BCUT2D eigenvalue weighted by Crippen LogP contribution is -2.15. The maximum atomic E-state index is 12.6. The van der Waals surface area contributed by atoms with Gasteiger partial charge in [-0.25, -0.2) is 4.98 Å². The van der Waals surface area contributed by atoms with Crippen LogP contribution in [0.25, 0.3) is 16.2 Å². The fraction of sp³-hybridized carbons (Fsp3) is 0.136. The van der Waals surface area contributed by atoms with Crippen LogP contribution in [0.5, 0.6) is 0 Å². The van der Waals surface area contributed by atoms with Crippen molar-refractivity contribution in [3.8, 4) is 11.3 Å². The minimum Gasteiger partial charge on any atom is -0.326 e. The summed E-state index contributed by atoms with van der Waals surface area (Å²) in [5.41, 5.74) is 5.16. The number of carbonyl (C=O) groups excluding carboxylic acids is 2. The van der Waals surface area contributed by atoms with E-state index in [4.69, 9.17) is 0 Å². The van der Waals surface area contributed by atoms with Crippen LogP contribution in [0.15, 0.2) is 60.1 Å². The van der Waals surface area contributed by atoms with Gasteiger partial charge in [-0.15, -0.1) is 11.3 Å². The van der Waals surface area contributed by atoms with Gasteiger partial charge in [-0.05, 0) is 30.7 Å². The smallest absolute Gasteiger partial charge is 0.230 e. The van der Waals surface area contributed by atoms with E-state index in [1.165, 1.54) is 18.3 Å². The molecule has 2 aromatic carbocycles. The van der Waals surface area contributed by atoms with E-state index in [0.717, 1.165) is 33.2 Å². The Hall–Kier alpha value is -3.45. The van der Waals surface area contributed by atoms with E-state index < -0.39 is 0 Å². The molecule has 29 heavy (non-hydrogen) atoms. The van der Waals surface area contributed by atoms with Gasteiger partial charge >= 0.3 is 0 Å². The largest absolute Gasteiger partial charge is 0.326 e. The van der Waals surface area contributed by atoms with E-state index in [0.29, 0.717) is 5.69 Å². The van der Waals surface area contributed by atoms with Crippen LogP contribution in [0.4, 0.5) is 11.4 Å². The molecule has 146 valence electrons. The number of hydrogen-bond donors (Lipinski definition) is 2. The van der Waals surface area contributed by atoms with E-state index in [1.54, 1.807) is 12.1 Å². The van der Waals surface area contributed by atoms with E-state index in [1.807, 2.05) is 59.3 Å². The topological polar surface area (TPSA) is 75.5 Å². The Morgan fingerprint density at radius 3 is 2.62 bits per heavy atom. The van der Waals surface area contributed by atoms with Gasteiger partial charge in [0.2, 0.25) is 11.8 Å². The third-order valence-electron chi connectivity index (χ3n) is 4.52. The van der Waals surface area contributed by atoms with Crippen LogP contribution in [-0.2, 0) is 16.0 Å². The lowest BCUT2D eigenvalue weighted by Gasteiger charge is -2.10. The van der Waals surface area contributed by atoms with Crippen LogP contribution in [0.2, 0.25) is 0 Å². The zero-order valence-corrected chi connectivity index (χ0v) is 16.9. The van der Waals surface area contributed by atoms with Crippen molar-refractivity contribution in [2.75, 3.05) is 10.6 Å². The summed E-state index contributed by atoms with van der Waals surface area (Å²) < 4.78 is 1.97. The van der Waals surface area contributed by atoms with Gasteiger partial charge in [-0.1, -0.05) is 30.3 Å². The van der Waals surface area contributed by atoms with Gasteiger partial charge in [0, 0.05) is 41.1 Å². The van der Waals surface area contributed by atoms with Gasteiger partial charge < -0.3 is 10.6 Å². The molecule has 0 saturated heterocycles. The molecule has 2 amide bonds. The fourth-order valence-corrected chi connectivity index (χ4v) is 4.02. The summed E-state index contributed by atoms with van der Waals surface area (Å²) in [4.78, 5) is 29.3. The van der Waals surface area contributed by atoms with Crippen LogP contribution in [0.1, 0.15) is 18.2 Å². The quantitative estimate of drug-likeness (QED) is 0.514. The highest BCUT2D eigenvalue weighted by Crippen LogP contribution is 2.24. The number of amides is 2. The zero-order chi connectivity index (χ0) is 20.4. The molecule has 0 aliphatic heterocycles. The summed E-state index contributed by atoms with van der Waals surface area (Å²) in [5.74, 6) is -0.229. The lowest BCUT2D eigenvalue weighted by molar-refractivity contribution is -0.116. The van der Waals surface area contributed by atoms with Crippen molar-refractivity contribution in [1.29, 1.82) is 0 Å². The Labute approximate surface area is 172 Å². The van der Waals surface area contributed by atoms with Crippen molar-refractivity contribution in [3.05, 3.63) is 71.4 Å². The Bertz CT molecular complexity index is 1190. The number of rotatable bonds is 5. The molecule has 4 aromatic rings. The second-order valence-electron chi connectivity index (χ2n) is 6.81. The number of nitrogens with one attached hydrogen (secondary N) is 2. The molecule has 0 aliphatic carbocycles. The first-order valence-corrected chi connectivity index (χ1v) is 10.1. The number of anilines is 2. The average Bonchev–Trinajstić information content (AvgIpc) is 3.26. The number of thiazole rings is 1. The normalized spacial score (nSPS) is 10.8. The number of nitrogens with zero attached hydrogens (tertiary/aromatic N) is 2. The summed E-state index contributed by atoms with van der Waals surface area (Å²) in [6, 6.07) is 15.4. The van der Waals surface area contributed by atoms with Gasteiger partial charge in [-0.3, -0.25) is 14.0 Å². The zero-order valence-electron chi connectivity index (χ0n) is 16.1. The first-order chi connectivity index (χ1) is 14.0. The summed E-state index contributed by atoms with van der Waals surface area (Å²) >= 11 is 1.52. The molecule has 2 aromatic heterocycles. The van der Waals surface area contributed by atoms with Crippen LogP contribution in [0, 0.1) is 6.92 Å². The molecule has 6 nitrogen and oxygen atoms in total. The van der Waals surface area contributed by atoms with Crippen molar-refractivity contribution in [3.63, 3.8) is 0 Å². The molecule has 0 fully saturated rings. The Morgan fingerprint density at radius 1 is 1.10 bits per heavy atom. The predicted octanol–water partition coefficient (Wildman–Crippen LogP) is 4.51. The van der Waals surface area contributed by atoms with Crippen molar-refractivity contribution in [2.45, 2.75) is 20.3 Å². The van der Waals surface area contributed by atoms with Gasteiger partial charge in [0.25, 0.3) is 0 Å². The predicted molar refractivity (Wildman–Crippen MR) is 116 cm³/mol. The first kappa shape index (κ1) is 18.9. The number of fused-ring (bicyclic) bond motifs is 1. The lowest BCUT2D eigenvalue weighted by atomic mass is 10.1.